The molecule has 0 saturated heterocycles. The van der Waals surface area contributed by atoms with E-state index in [0.29, 0.717) is 6.61 Å². The monoisotopic (exact) mass is 455 g/mol. The Balaban J connectivity index is 1.35. The van der Waals surface area contributed by atoms with Crippen LogP contribution in [0.1, 0.15) is 80.9 Å². The molecule has 0 fully saturated rings. The number of ether oxygens (including phenoxy) is 1. The van der Waals surface area contributed by atoms with Gasteiger partial charge in [0.2, 0.25) is 0 Å². The van der Waals surface area contributed by atoms with E-state index >= 15 is 0 Å². The van der Waals surface area contributed by atoms with Crippen LogP contribution >= 0.6 is 0 Å². The maximum atomic E-state index is 6.19. The lowest BCUT2D eigenvalue weighted by Crippen LogP contribution is -1.95. The molecule has 3 aromatic rings. The third-order valence-electron chi connectivity index (χ3n) is 6.23. The summed E-state index contributed by atoms with van der Waals surface area (Å²) in [7, 11) is 0. The van der Waals surface area contributed by atoms with Crippen LogP contribution in [0.5, 0.6) is 0 Å². The lowest BCUT2D eigenvalue weighted by atomic mass is 10.1. The van der Waals surface area contributed by atoms with Gasteiger partial charge in [0, 0.05) is 23.7 Å². The minimum absolute atomic E-state index is 0.520. The molecule has 0 saturated carbocycles. The van der Waals surface area contributed by atoms with Gasteiger partial charge in [-0.1, -0.05) is 82.2 Å². The molecule has 3 heterocycles. The van der Waals surface area contributed by atoms with Crippen molar-refractivity contribution in [3.8, 4) is 0 Å². The lowest BCUT2D eigenvalue weighted by Gasteiger charge is -2.08. The van der Waals surface area contributed by atoms with Crippen molar-refractivity contribution in [2.24, 2.45) is 4.99 Å². The van der Waals surface area contributed by atoms with Gasteiger partial charge in [0.1, 0.15) is 18.1 Å². The predicted octanol–water partition coefficient (Wildman–Crippen LogP) is 7.97. The molecule has 0 spiro atoms. The summed E-state index contributed by atoms with van der Waals surface area (Å²) in [6.45, 7) is 2.79. The normalized spacial score (nSPS) is 14.4. The van der Waals surface area contributed by atoms with Crippen LogP contribution in [0.3, 0.4) is 0 Å². The first-order valence-corrected chi connectivity index (χ1v) is 12.8. The van der Waals surface area contributed by atoms with Crippen LogP contribution < -0.4 is 0 Å². The Bertz CT molecular complexity index is 1090. The largest absolute Gasteiger partial charge is 0.487 e. The summed E-state index contributed by atoms with van der Waals surface area (Å²) in [6, 6.07) is 18.6. The highest BCUT2D eigenvalue weighted by Crippen LogP contribution is 2.26. The molecule has 4 rings (SSSR count). The second-order valence-electron chi connectivity index (χ2n) is 9.06. The summed E-state index contributed by atoms with van der Waals surface area (Å²) in [6.07, 6.45) is 17.9. The van der Waals surface area contributed by atoms with Crippen molar-refractivity contribution < 1.29 is 4.74 Å². The molecule has 0 atom stereocenters. The van der Waals surface area contributed by atoms with Crippen LogP contribution in [0.2, 0.25) is 0 Å². The minimum atomic E-state index is 0.520. The van der Waals surface area contributed by atoms with Crippen LogP contribution in [0.15, 0.2) is 83.3 Å². The van der Waals surface area contributed by atoms with Crippen molar-refractivity contribution in [2.75, 3.05) is 0 Å². The number of nitrogens with zero attached hydrogens (tertiary/aromatic N) is 1. The number of aliphatic imine (C=N–C) groups is 1. The summed E-state index contributed by atoms with van der Waals surface area (Å²) in [4.78, 5) is 11.7. The first-order valence-electron chi connectivity index (χ1n) is 12.8. The molecular formula is C30H37N3O. The third kappa shape index (κ3) is 7.11. The topological polar surface area (TPSA) is 53.2 Å². The van der Waals surface area contributed by atoms with E-state index in [9.17, 15) is 0 Å². The van der Waals surface area contributed by atoms with Gasteiger partial charge >= 0.3 is 0 Å². The number of nitrogens with one attached hydrogen (secondary N) is 2. The van der Waals surface area contributed by atoms with Gasteiger partial charge in [-0.15, -0.1) is 0 Å². The van der Waals surface area contributed by atoms with E-state index in [1.807, 2.05) is 42.6 Å². The Hall–Kier alpha value is -3.27. The average molecular weight is 456 g/mol. The zero-order chi connectivity index (χ0) is 23.4. The van der Waals surface area contributed by atoms with Crippen molar-refractivity contribution in [1.29, 1.82) is 0 Å². The summed E-state index contributed by atoms with van der Waals surface area (Å²) < 4.78 is 6.19. The summed E-state index contributed by atoms with van der Waals surface area (Å²) in [5.41, 5.74) is 6.23. The van der Waals surface area contributed by atoms with Gasteiger partial charge in [-0.25, -0.2) is 4.99 Å². The smallest absolute Gasteiger partial charge is 0.147 e. The molecule has 1 aliphatic rings. The zero-order valence-corrected chi connectivity index (χ0v) is 20.4. The Kier molecular flexibility index (Phi) is 9.01. The molecule has 1 aliphatic heterocycles. The number of aromatic nitrogens is 2. The molecule has 0 aliphatic carbocycles. The zero-order valence-electron chi connectivity index (χ0n) is 20.4. The van der Waals surface area contributed by atoms with Crippen molar-refractivity contribution >= 4 is 11.8 Å². The highest BCUT2D eigenvalue weighted by atomic mass is 16.5. The van der Waals surface area contributed by atoms with E-state index in [0.717, 1.165) is 40.5 Å². The fourth-order valence-corrected chi connectivity index (χ4v) is 4.28. The quantitative estimate of drug-likeness (QED) is 0.238. The number of H-pyrrole nitrogens is 2. The van der Waals surface area contributed by atoms with Crippen LogP contribution in [-0.2, 0) is 17.8 Å². The number of unbranched alkanes of at least 4 members (excludes halogenated alkanes) is 7. The molecule has 0 amide bonds. The number of benzene rings is 1. The van der Waals surface area contributed by atoms with Crippen LogP contribution in [0.25, 0.3) is 6.08 Å². The SMILES string of the molecule is CCCCCCCCCCc1ccc(C=C2N=C(c3ccc[nH]3)C=C2OCc2ccccc2)[nH]1. The fourth-order valence-electron chi connectivity index (χ4n) is 4.28. The van der Waals surface area contributed by atoms with Gasteiger partial charge in [0.25, 0.3) is 0 Å². The minimum Gasteiger partial charge on any atom is -0.487 e. The van der Waals surface area contributed by atoms with Crippen molar-refractivity contribution in [3.05, 3.63) is 101 Å². The Morgan fingerprint density at radius 1 is 0.853 bits per heavy atom. The van der Waals surface area contributed by atoms with Gasteiger partial charge in [0.15, 0.2) is 0 Å². The molecule has 4 nitrogen and oxygen atoms in total. The van der Waals surface area contributed by atoms with E-state index in [1.54, 1.807) is 0 Å². The van der Waals surface area contributed by atoms with E-state index in [1.165, 1.54) is 57.1 Å². The van der Waals surface area contributed by atoms with Gasteiger partial charge in [0.05, 0.1) is 11.4 Å². The Morgan fingerprint density at radius 2 is 1.65 bits per heavy atom. The van der Waals surface area contributed by atoms with Gasteiger partial charge in [-0.3, -0.25) is 0 Å². The Labute approximate surface area is 203 Å². The lowest BCUT2D eigenvalue weighted by molar-refractivity contribution is 0.208. The number of aryl methyl sites for hydroxylation is 1. The second kappa shape index (κ2) is 12.8. The van der Waals surface area contributed by atoms with Crippen molar-refractivity contribution in [2.45, 2.75) is 71.3 Å². The van der Waals surface area contributed by atoms with Crippen LogP contribution in [0, 0.1) is 0 Å². The molecule has 1 aromatic carbocycles. The van der Waals surface area contributed by atoms with E-state index in [4.69, 9.17) is 9.73 Å². The molecule has 0 unspecified atom stereocenters. The molecule has 2 aromatic heterocycles. The predicted molar refractivity (Wildman–Crippen MR) is 142 cm³/mol. The first-order chi connectivity index (χ1) is 16.8. The highest BCUT2D eigenvalue weighted by Gasteiger charge is 2.18. The maximum Gasteiger partial charge on any atom is 0.147 e. The first kappa shape index (κ1) is 23.9. The number of allylic oxidation sites excluding steroid dienone is 1. The van der Waals surface area contributed by atoms with Crippen molar-refractivity contribution in [3.63, 3.8) is 0 Å². The molecule has 34 heavy (non-hydrogen) atoms. The molecule has 0 bridgehead atoms. The van der Waals surface area contributed by atoms with E-state index < -0.39 is 0 Å². The molecule has 4 heteroatoms. The van der Waals surface area contributed by atoms with Crippen LogP contribution in [0.4, 0.5) is 0 Å². The third-order valence-corrected chi connectivity index (χ3v) is 6.23. The molecule has 2 N–H and O–H groups in total. The average Bonchev–Trinajstić information content (AvgIpc) is 3.62. The highest BCUT2D eigenvalue weighted by molar-refractivity contribution is 6.11. The number of hydrogen-bond donors (Lipinski definition) is 2. The van der Waals surface area contributed by atoms with Gasteiger partial charge < -0.3 is 14.7 Å². The van der Waals surface area contributed by atoms with E-state index in [-0.39, 0.29) is 0 Å². The molecular weight excluding hydrogens is 418 g/mol. The Morgan fingerprint density at radius 3 is 2.41 bits per heavy atom. The van der Waals surface area contributed by atoms with Crippen molar-refractivity contribution in [1.82, 2.24) is 9.97 Å². The van der Waals surface area contributed by atoms with Gasteiger partial charge in [-0.05, 0) is 48.7 Å². The second-order valence-corrected chi connectivity index (χ2v) is 9.06. The number of hydrogen-bond acceptors (Lipinski definition) is 2. The summed E-state index contributed by atoms with van der Waals surface area (Å²) in [5, 5.41) is 0. The molecule has 178 valence electrons. The summed E-state index contributed by atoms with van der Waals surface area (Å²) in [5.74, 6) is 0.799. The van der Waals surface area contributed by atoms with Gasteiger partial charge in [-0.2, -0.15) is 0 Å². The number of rotatable bonds is 14. The summed E-state index contributed by atoms with van der Waals surface area (Å²) >= 11 is 0. The van der Waals surface area contributed by atoms with E-state index in [2.05, 4.69) is 47.2 Å². The fraction of sp³-hybridized carbons (Fsp3) is 0.367. The standard InChI is InChI=1S/C30H37N3O/c1-2-3-4-5-6-7-8-12-16-25-18-19-26(32-25)21-29-30(34-23-24-14-10-9-11-15-24)22-28(33-29)27-17-13-20-31-27/h9-11,13-15,17-22,31-32H,2-8,12,16,23H2,1H3. The maximum absolute atomic E-state index is 6.19. The van der Waals surface area contributed by atoms with Crippen LogP contribution in [-0.4, -0.2) is 15.7 Å². The molecule has 0 radical (unpaired) electrons. The number of aromatic amines is 2.